The monoisotopic (exact) mass is 439 g/mol. The molecule has 0 amide bonds. The third-order valence-corrected chi connectivity index (χ3v) is 6.14. The van der Waals surface area contributed by atoms with Crippen LogP contribution in [0.15, 0.2) is 36.4 Å². The van der Waals surface area contributed by atoms with Crippen molar-refractivity contribution in [1.29, 1.82) is 0 Å². The van der Waals surface area contributed by atoms with Gasteiger partial charge in [0.2, 0.25) is 0 Å². The second-order valence-electron chi connectivity index (χ2n) is 7.22. The van der Waals surface area contributed by atoms with Crippen molar-refractivity contribution in [2.45, 2.75) is 40.2 Å². The molecule has 0 spiro atoms. The van der Waals surface area contributed by atoms with Crippen LogP contribution in [0.5, 0.6) is 5.75 Å². The molecule has 8 heteroatoms. The number of ketones is 1. The van der Waals surface area contributed by atoms with Crippen LogP contribution in [0.3, 0.4) is 0 Å². The molecular weight excluding hydrogens is 414 g/mol. The molecule has 0 radical (unpaired) electrons. The van der Waals surface area contributed by atoms with Crippen molar-refractivity contribution < 1.29 is 14.5 Å². The van der Waals surface area contributed by atoms with Gasteiger partial charge in [-0.2, -0.15) is 5.10 Å². The van der Waals surface area contributed by atoms with Gasteiger partial charge in [0.1, 0.15) is 17.1 Å². The Morgan fingerprint density at radius 1 is 1.29 bits per heavy atom. The summed E-state index contributed by atoms with van der Waals surface area (Å²) in [7, 11) is 1.58. The first-order valence-electron chi connectivity index (χ1n) is 10.0. The molecule has 0 N–H and O–H groups in total. The lowest BCUT2D eigenvalue weighted by Gasteiger charge is -2.10. The summed E-state index contributed by atoms with van der Waals surface area (Å²) in [5, 5.41) is 15.6. The fraction of sp³-hybridized carbons (Fsp3) is 0.304. The van der Waals surface area contributed by atoms with Gasteiger partial charge in [0, 0.05) is 10.4 Å². The molecule has 0 aliphatic heterocycles. The van der Waals surface area contributed by atoms with Crippen molar-refractivity contribution in [3.63, 3.8) is 0 Å². The lowest BCUT2D eigenvalue weighted by atomic mass is 10.1. The highest BCUT2D eigenvalue weighted by Crippen LogP contribution is 2.26. The molecule has 0 saturated carbocycles. The maximum Gasteiger partial charge on any atom is 0.312 e. The van der Waals surface area contributed by atoms with Crippen LogP contribution in [0.25, 0.3) is 6.08 Å². The van der Waals surface area contributed by atoms with Gasteiger partial charge < -0.3 is 4.74 Å². The number of rotatable bonds is 9. The topological polar surface area (TPSA) is 87.3 Å². The summed E-state index contributed by atoms with van der Waals surface area (Å²) in [6.07, 6.45) is 5.38. The van der Waals surface area contributed by atoms with E-state index >= 15 is 0 Å². The number of hydrogen-bond donors (Lipinski definition) is 0. The number of aromatic nitrogens is 2. The van der Waals surface area contributed by atoms with Crippen LogP contribution in [-0.2, 0) is 13.0 Å². The number of aryl methyl sites for hydroxylation is 2. The number of thiophene rings is 1. The zero-order valence-electron chi connectivity index (χ0n) is 18.0. The number of ether oxygens (including phenoxy) is 1. The van der Waals surface area contributed by atoms with Gasteiger partial charge in [0.15, 0.2) is 5.78 Å². The zero-order chi connectivity index (χ0) is 22.5. The Hall–Kier alpha value is -3.26. The summed E-state index contributed by atoms with van der Waals surface area (Å²) in [4.78, 5) is 25.3. The Bertz CT molecular complexity index is 1140. The van der Waals surface area contributed by atoms with Gasteiger partial charge in [-0.25, -0.2) is 0 Å². The van der Waals surface area contributed by atoms with E-state index in [4.69, 9.17) is 4.74 Å². The smallest absolute Gasteiger partial charge is 0.312 e. The van der Waals surface area contributed by atoms with Crippen LogP contribution in [0.1, 0.15) is 50.4 Å². The van der Waals surface area contributed by atoms with Gasteiger partial charge in [0.05, 0.1) is 23.5 Å². The van der Waals surface area contributed by atoms with E-state index in [-0.39, 0.29) is 11.5 Å². The Kier molecular flexibility index (Phi) is 7.02. The highest BCUT2D eigenvalue weighted by Gasteiger charge is 2.22. The average molecular weight is 440 g/mol. The maximum atomic E-state index is 12.5. The van der Waals surface area contributed by atoms with E-state index in [2.05, 4.69) is 12.0 Å². The van der Waals surface area contributed by atoms with Gasteiger partial charge in [-0.1, -0.05) is 25.5 Å². The van der Waals surface area contributed by atoms with E-state index in [1.807, 2.05) is 30.3 Å². The van der Waals surface area contributed by atoms with Crippen molar-refractivity contribution in [1.82, 2.24) is 9.78 Å². The second kappa shape index (κ2) is 9.70. The molecule has 2 heterocycles. The third-order valence-electron chi connectivity index (χ3n) is 4.98. The minimum atomic E-state index is -0.410. The highest BCUT2D eigenvalue weighted by molar-refractivity contribution is 7.14. The SMILES string of the molecule is CCCc1ccc(C(=O)/C=C/c2ccc(OC)c(Cn3nc(C)c([N+](=O)[O-])c3C)c2)s1. The van der Waals surface area contributed by atoms with Gasteiger partial charge in [-0.05, 0) is 56.2 Å². The molecule has 0 fully saturated rings. The fourth-order valence-electron chi connectivity index (χ4n) is 3.44. The molecule has 3 aromatic rings. The maximum absolute atomic E-state index is 12.5. The number of nitro groups is 1. The van der Waals surface area contributed by atoms with Gasteiger partial charge >= 0.3 is 5.69 Å². The fourth-order valence-corrected chi connectivity index (χ4v) is 4.47. The van der Waals surface area contributed by atoms with Gasteiger partial charge in [0.25, 0.3) is 0 Å². The number of carbonyl (C=O) groups excluding carboxylic acids is 1. The molecule has 31 heavy (non-hydrogen) atoms. The number of carbonyl (C=O) groups is 1. The van der Waals surface area contributed by atoms with E-state index in [9.17, 15) is 14.9 Å². The van der Waals surface area contributed by atoms with Crippen LogP contribution in [0.2, 0.25) is 0 Å². The zero-order valence-corrected chi connectivity index (χ0v) is 18.9. The minimum absolute atomic E-state index is 0.0269. The first-order chi connectivity index (χ1) is 14.8. The first kappa shape index (κ1) is 22.4. The van der Waals surface area contributed by atoms with E-state index in [0.717, 1.165) is 28.8 Å². The van der Waals surface area contributed by atoms with Crippen LogP contribution in [-0.4, -0.2) is 27.6 Å². The number of allylic oxidation sites excluding steroid dienone is 1. The summed E-state index contributed by atoms with van der Waals surface area (Å²) in [6.45, 7) is 5.75. The molecule has 0 saturated heterocycles. The molecule has 0 aliphatic carbocycles. The van der Waals surface area contributed by atoms with E-state index in [1.165, 1.54) is 16.2 Å². The molecule has 162 valence electrons. The second-order valence-corrected chi connectivity index (χ2v) is 8.39. The summed E-state index contributed by atoms with van der Waals surface area (Å²) >= 11 is 1.53. The number of nitrogens with zero attached hydrogens (tertiary/aromatic N) is 3. The summed E-state index contributed by atoms with van der Waals surface area (Å²) in [5.74, 6) is 0.625. The van der Waals surface area contributed by atoms with Crippen molar-refractivity contribution in [3.8, 4) is 5.75 Å². The summed E-state index contributed by atoms with van der Waals surface area (Å²) in [6, 6.07) is 9.48. The third kappa shape index (κ3) is 5.08. The lowest BCUT2D eigenvalue weighted by Crippen LogP contribution is -2.06. The Balaban J connectivity index is 1.83. The quantitative estimate of drug-likeness (QED) is 0.193. The van der Waals surface area contributed by atoms with Gasteiger partial charge in [-0.15, -0.1) is 11.3 Å². The number of hydrogen-bond acceptors (Lipinski definition) is 6. The highest BCUT2D eigenvalue weighted by atomic mass is 32.1. The molecule has 0 bridgehead atoms. The largest absolute Gasteiger partial charge is 0.496 e. The molecule has 7 nitrogen and oxygen atoms in total. The average Bonchev–Trinajstić information content (AvgIpc) is 3.31. The lowest BCUT2D eigenvalue weighted by molar-refractivity contribution is -0.386. The molecule has 0 aliphatic rings. The van der Waals surface area contributed by atoms with E-state index in [0.29, 0.717) is 23.7 Å². The Morgan fingerprint density at radius 3 is 2.71 bits per heavy atom. The summed E-state index contributed by atoms with van der Waals surface area (Å²) in [5.41, 5.74) is 2.55. The predicted octanol–water partition coefficient (Wildman–Crippen LogP) is 5.38. The molecule has 3 rings (SSSR count). The van der Waals surface area contributed by atoms with E-state index < -0.39 is 4.92 Å². The number of methoxy groups -OCH3 is 1. The molecule has 2 aromatic heterocycles. The molecular formula is C23H25N3O4S. The first-order valence-corrected chi connectivity index (χ1v) is 10.8. The number of benzene rings is 1. The van der Waals surface area contributed by atoms with Crippen LogP contribution in [0, 0.1) is 24.0 Å². The molecule has 0 unspecified atom stereocenters. The molecule has 0 atom stereocenters. The van der Waals surface area contributed by atoms with Crippen molar-refractivity contribution in [2.75, 3.05) is 7.11 Å². The standard InChI is InChI=1S/C23H25N3O4S/c1-5-6-19-9-12-22(31-19)20(27)10-7-17-8-11-21(30-4)18(13-17)14-25-16(3)23(26(28)29)15(2)24-25/h7-13H,5-6,14H2,1-4H3/b10-7+. The van der Waals surface area contributed by atoms with Crippen molar-refractivity contribution in [3.05, 3.63) is 78.8 Å². The van der Waals surface area contributed by atoms with E-state index in [1.54, 1.807) is 37.8 Å². The summed E-state index contributed by atoms with van der Waals surface area (Å²) < 4.78 is 7.06. The minimum Gasteiger partial charge on any atom is -0.496 e. The van der Waals surface area contributed by atoms with Crippen LogP contribution >= 0.6 is 11.3 Å². The van der Waals surface area contributed by atoms with Crippen LogP contribution in [0.4, 0.5) is 5.69 Å². The molecule has 1 aromatic carbocycles. The normalized spacial score (nSPS) is 11.2. The van der Waals surface area contributed by atoms with Crippen molar-refractivity contribution >= 4 is 28.9 Å². The Morgan fingerprint density at radius 2 is 2.06 bits per heavy atom. The Labute approximate surface area is 185 Å². The van der Waals surface area contributed by atoms with Crippen LogP contribution < -0.4 is 4.74 Å². The van der Waals surface area contributed by atoms with Gasteiger partial charge in [-0.3, -0.25) is 19.6 Å². The predicted molar refractivity (Wildman–Crippen MR) is 122 cm³/mol. The van der Waals surface area contributed by atoms with Crippen molar-refractivity contribution in [2.24, 2.45) is 0 Å².